The standard InChI is InChI=1S/C26H26N4O/c1-28-17-27-26-21-9-6-14-29(22(21)12-13-25(26)28)15-18(31)16-30-23-10-4-2-7-19(23)20-8-3-5-11-24(20)30/h2-5,7-8,10-13,17-18,31H,6,9,14-16H2,1H3. The van der Waals surface area contributed by atoms with Gasteiger partial charge in [0.1, 0.15) is 0 Å². The van der Waals surface area contributed by atoms with Gasteiger partial charge in [-0.15, -0.1) is 0 Å². The van der Waals surface area contributed by atoms with Crippen molar-refractivity contribution in [2.45, 2.75) is 25.5 Å². The highest BCUT2D eigenvalue weighted by molar-refractivity contribution is 6.07. The second-order valence-electron chi connectivity index (χ2n) is 8.63. The number of para-hydroxylation sites is 2. The summed E-state index contributed by atoms with van der Waals surface area (Å²) in [4.78, 5) is 6.98. The maximum absolute atomic E-state index is 11.2. The third-order valence-electron chi connectivity index (χ3n) is 6.68. The number of aromatic nitrogens is 3. The number of anilines is 1. The minimum Gasteiger partial charge on any atom is -0.389 e. The summed E-state index contributed by atoms with van der Waals surface area (Å²) in [5.74, 6) is 0. The Morgan fingerprint density at radius 1 is 0.903 bits per heavy atom. The van der Waals surface area contributed by atoms with E-state index in [1.54, 1.807) is 0 Å². The van der Waals surface area contributed by atoms with Gasteiger partial charge in [0.25, 0.3) is 0 Å². The molecule has 3 aromatic carbocycles. The van der Waals surface area contributed by atoms with Crippen LogP contribution in [0.3, 0.4) is 0 Å². The normalized spacial score (nSPS) is 15.1. The predicted octanol–water partition coefficient (Wildman–Crippen LogP) is 4.49. The van der Waals surface area contributed by atoms with Gasteiger partial charge in [0.15, 0.2) is 0 Å². The lowest BCUT2D eigenvalue weighted by Gasteiger charge is -2.33. The molecule has 31 heavy (non-hydrogen) atoms. The van der Waals surface area contributed by atoms with Crippen LogP contribution in [0.25, 0.3) is 32.8 Å². The molecule has 6 rings (SSSR count). The molecule has 5 aromatic rings. The maximum atomic E-state index is 11.2. The van der Waals surface area contributed by atoms with Gasteiger partial charge in [-0.25, -0.2) is 4.98 Å². The van der Waals surface area contributed by atoms with Crippen LogP contribution in [0.2, 0.25) is 0 Å². The van der Waals surface area contributed by atoms with Gasteiger partial charge in [0, 0.05) is 53.2 Å². The van der Waals surface area contributed by atoms with E-state index in [0.717, 1.165) is 24.9 Å². The molecule has 1 unspecified atom stereocenters. The lowest BCUT2D eigenvalue weighted by atomic mass is 9.99. The summed E-state index contributed by atoms with van der Waals surface area (Å²) >= 11 is 0. The summed E-state index contributed by atoms with van der Waals surface area (Å²) in [5, 5.41) is 13.6. The highest BCUT2D eigenvalue weighted by Gasteiger charge is 2.23. The Labute approximate surface area is 181 Å². The molecule has 2 aromatic heterocycles. The van der Waals surface area contributed by atoms with Gasteiger partial charge in [-0.05, 0) is 37.1 Å². The molecule has 156 valence electrons. The molecular weight excluding hydrogens is 384 g/mol. The number of aryl methyl sites for hydroxylation is 2. The first-order valence-corrected chi connectivity index (χ1v) is 11.0. The largest absolute Gasteiger partial charge is 0.389 e. The molecule has 0 amide bonds. The van der Waals surface area contributed by atoms with Gasteiger partial charge in [0.05, 0.1) is 30.0 Å². The molecule has 0 saturated heterocycles. The van der Waals surface area contributed by atoms with Crippen molar-refractivity contribution in [3.63, 3.8) is 0 Å². The average Bonchev–Trinajstić information content (AvgIpc) is 3.33. The molecule has 1 aliphatic heterocycles. The first-order valence-electron chi connectivity index (χ1n) is 11.0. The topological polar surface area (TPSA) is 46.2 Å². The summed E-state index contributed by atoms with van der Waals surface area (Å²) in [5.41, 5.74) is 7.16. The molecule has 0 fully saturated rings. The van der Waals surface area contributed by atoms with E-state index < -0.39 is 6.10 Å². The van der Waals surface area contributed by atoms with Crippen LogP contribution in [0, 0.1) is 0 Å². The zero-order valence-electron chi connectivity index (χ0n) is 17.7. The summed E-state index contributed by atoms with van der Waals surface area (Å²) in [6.45, 7) is 2.16. The molecule has 5 heteroatoms. The van der Waals surface area contributed by atoms with Gasteiger partial charge in [-0.2, -0.15) is 0 Å². The van der Waals surface area contributed by atoms with E-state index in [9.17, 15) is 5.11 Å². The fourth-order valence-corrected chi connectivity index (χ4v) is 5.27. The molecule has 1 aliphatic rings. The average molecular weight is 411 g/mol. The molecule has 3 heterocycles. The van der Waals surface area contributed by atoms with Crippen LogP contribution >= 0.6 is 0 Å². The molecule has 0 bridgehead atoms. The van der Waals surface area contributed by atoms with Crippen LogP contribution in [0.4, 0.5) is 5.69 Å². The van der Waals surface area contributed by atoms with Gasteiger partial charge in [-0.3, -0.25) is 0 Å². The molecule has 1 atom stereocenters. The zero-order chi connectivity index (χ0) is 20.9. The van der Waals surface area contributed by atoms with Crippen LogP contribution in [-0.4, -0.2) is 38.4 Å². The zero-order valence-corrected chi connectivity index (χ0v) is 17.7. The fraction of sp³-hybridized carbons (Fsp3) is 0.269. The number of imidazole rings is 1. The van der Waals surface area contributed by atoms with E-state index >= 15 is 0 Å². The molecular formula is C26H26N4O. The van der Waals surface area contributed by atoms with Crippen LogP contribution < -0.4 is 4.90 Å². The molecule has 0 saturated carbocycles. The molecule has 0 aliphatic carbocycles. The van der Waals surface area contributed by atoms with Crippen molar-refractivity contribution in [3.8, 4) is 0 Å². The minimum absolute atomic E-state index is 0.468. The smallest absolute Gasteiger partial charge is 0.0955 e. The van der Waals surface area contributed by atoms with Crippen molar-refractivity contribution in [2.75, 3.05) is 18.0 Å². The molecule has 5 nitrogen and oxygen atoms in total. The number of nitrogens with zero attached hydrogens (tertiary/aromatic N) is 4. The number of fused-ring (bicyclic) bond motifs is 6. The maximum Gasteiger partial charge on any atom is 0.0955 e. The van der Waals surface area contributed by atoms with Crippen molar-refractivity contribution in [3.05, 3.63) is 72.6 Å². The predicted molar refractivity (Wildman–Crippen MR) is 127 cm³/mol. The summed E-state index contributed by atoms with van der Waals surface area (Å²) in [6.07, 6.45) is 3.55. The molecule has 0 radical (unpaired) electrons. The van der Waals surface area contributed by atoms with E-state index in [1.807, 2.05) is 13.4 Å². The number of benzene rings is 3. The number of β-amino-alcohol motifs (C(OH)–C–C–N with tert-alkyl or cyclic N) is 1. The van der Waals surface area contributed by atoms with E-state index in [-0.39, 0.29) is 0 Å². The number of aliphatic hydroxyl groups is 1. The Morgan fingerprint density at radius 3 is 2.35 bits per heavy atom. The Bertz CT molecular complexity index is 1360. The third-order valence-corrected chi connectivity index (χ3v) is 6.68. The van der Waals surface area contributed by atoms with Gasteiger partial charge in [-0.1, -0.05) is 36.4 Å². The van der Waals surface area contributed by atoms with Crippen molar-refractivity contribution in [1.82, 2.24) is 14.1 Å². The number of hydrogen-bond acceptors (Lipinski definition) is 3. The lowest BCUT2D eigenvalue weighted by Crippen LogP contribution is -2.38. The van der Waals surface area contributed by atoms with Crippen LogP contribution in [0.1, 0.15) is 12.0 Å². The number of rotatable bonds is 4. The van der Waals surface area contributed by atoms with E-state index in [0.29, 0.717) is 13.1 Å². The Kier molecular flexibility index (Phi) is 4.25. The Hall–Kier alpha value is -3.31. The summed E-state index contributed by atoms with van der Waals surface area (Å²) in [6, 6.07) is 21.3. The van der Waals surface area contributed by atoms with Crippen molar-refractivity contribution < 1.29 is 5.11 Å². The first-order chi connectivity index (χ1) is 15.2. The Morgan fingerprint density at radius 2 is 1.61 bits per heavy atom. The lowest BCUT2D eigenvalue weighted by molar-refractivity contribution is 0.161. The number of aliphatic hydroxyl groups excluding tert-OH is 1. The third kappa shape index (κ3) is 2.92. The van der Waals surface area contributed by atoms with E-state index in [2.05, 4.69) is 79.7 Å². The van der Waals surface area contributed by atoms with Gasteiger partial charge >= 0.3 is 0 Å². The summed E-state index contributed by atoms with van der Waals surface area (Å²) in [7, 11) is 2.04. The van der Waals surface area contributed by atoms with Crippen LogP contribution in [0.15, 0.2) is 67.0 Å². The van der Waals surface area contributed by atoms with Crippen LogP contribution in [0.5, 0.6) is 0 Å². The first kappa shape index (κ1) is 18.5. The van der Waals surface area contributed by atoms with E-state index in [1.165, 1.54) is 38.6 Å². The highest BCUT2D eigenvalue weighted by atomic mass is 16.3. The number of hydrogen-bond donors (Lipinski definition) is 1. The summed E-state index contributed by atoms with van der Waals surface area (Å²) < 4.78 is 4.34. The van der Waals surface area contributed by atoms with Crippen molar-refractivity contribution >= 4 is 38.5 Å². The minimum atomic E-state index is -0.468. The van der Waals surface area contributed by atoms with Crippen molar-refractivity contribution in [1.29, 1.82) is 0 Å². The van der Waals surface area contributed by atoms with E-state index in [4.69, 9.17) is 0 Å². The Balaban J connectivity index is 1.33. The fourth-order valence-electron chi connectivity index (χ4n) is 5.27. The van der Waals surface area contributed by atoms with Crippen molar-refractivity contribution in [2.24, 2.45) is 7.05 Å². The highest BCUT2D eigenvalue weighted by Crippen LogP contribution is 2.33. The van der Waals surface area contributed by atoms with Gasteiger partial charge < -0.3 is 19.1 Å². The quantitative estimate of drug-likeness (QED) is 0.475. The molecule has 1 N–H and O–H groups in total. The molecule has 0 spiro atoms. The monoisotopic (exact) mass is 410 g/mol. The second-order valence-corrected chi connectivity index (χ2v) is 8.63. The van der Waals surface area contributed by atoms with Crippen LogP contribution in [-0.2, 0) is 20.0 Å². The SMILES string of the molecule is Cn1cnc2c3c(ccc21)N(CC(O)Cn1c2ccccc2c2ccccc21)CCC3. The second kappa shape index (κ2) is 7.13. The van der Waals surface area contributed by atoms with Gasteiger partial charge in [0.2, 0.25) is 0 Å².